The van der Waals surface area contributed by atoms with Crippen LogP contribution in [0.25, 0.3) is 0 Å². The van der Waals surface area contributed by atoms with Crippen molar-refractivity contribution >= 4 is 0 Å². The maximum absolute atomic E-state index is 7.90. The number of rotatable bonds is 0. The summed E-state index contributed by atoms with van der Waals surface area (Å²) < 4.78 is 0. The van der Waals surface area contributed by atoms with Gasteiger partial charge in [0, 0.05) is 0 Å². The molecule has 0 aromatic carbocycles. The van der Waals surface area contributed by atoms with Crippen LogP contribution in [0.15, 0.2) is 0 Å². The zero-order valence-corrected chi connectivity index (χ0v) is 6.04. The third-order valence-corrected chi connectivity index (χ3v) is 0.274. The SMILES string of the molecule is CC(C)(C)OO.[Cr+6]. The quantitative estimate of drug-likeness (QED) is 0.407. The summed E-state index contributed by atoms with van der Waals surface area (Å²) in [4.78, 5) is 3.94. The Kier molecular flexibility index (Phi) is 5.15. The largest absolute Gasteiger partial charge is 6.00 e. The van der Waals surface area contributed by atoms with Crippen molar-refractivity contribution in [2.24, 2.45) is 0 Å². The van der Waals surface area contributed by atoms with Gasteiger partial charge in [-0.2, -0.15) is 0 Å². The minimum Gasteiger partial charge on any atom is -0.251 e. The monoisotopic (exact) mass is 142 g/mol. The number of hydrogen-bond acceptors (Lipinski definition) is 2. The smallest absolute Gasteiger partial charge is 0.251 e. The maximum atomic E-state index is 7.90. The van der Waals surface area contributed by atoms with E-state index in [2.05, 4.69) is 4.89 Å². The summed E-state index contributed by atoms with van der Waals surface area (Å²) >= 11 is 0. The molecule has 0 heterocycles. The van der Waals surface area contributed by atoms with Gasteiger partial charge < -0.3 is 0 Å². The molecule has 0 amide bonds. The second-order valence-electron chi connectivity index (χ2n) is 2.20. The topological polar surface area (TPSA) is 29.5 Å². The molecule has 0 saturated heterocycles. The molecule has 7 heavy (non-hydrogen) atoms. The summed E-state index contributed by atoms with van der Waals surface area (Å²) in [7, 11) is 0. The van der Waals surface area contributed by atoms with Gasteiger partial charge in [0.05, 0.1) is 5.60 Å². The van der Waals surface area contributed by atoms with Gasteiger partial charge in [-0.3, -0.25) is 5.26 Å². The molecular formula is C4H10CrO2+6. The van der Waals surface area contributed by atoms with Gasteiger partial charge in [-0.05, 0) is 20.8 Å². The van der Waals surface area contributed by atoms with Gasteiger partial charge in [-0.25, -0.2) is 4.89 Å². The minimum absolute atomic E-state index is 0. The van der Waals surface area contributed by atoms with Crippen LogP contribution in [0.4, 0.5) is 0 Å². The van der Waals surface area contributed by atoms with E-state index >= 15 is 0 Å². The normalized spacial score (nSPS) is 10.3. The van der Waals surface area contributed by atoms with E-state index in [1.165, 1.54) is 0 Å². The summed E-state index contributed by atoms with van der Waals surface area (Å²) in [5.41, 5.74) is -0.403. The Hall–Kier alpha value is 0.452. The van der Waals surface area contributed by atoms with Crippen LogP contribution in [0.3, 0.4) is 0 Å². The van der Waals surface area contributed by atoms with Gasteiger partial charge in [-0.1, -0.05) is 0 Å². The van der Waals surface area contributed by atoms with Gasteiger partial charge in [0.25, 0.3) is 0 Å². The molecule has 0 saturated carbocycles. The van der Waals surface area contributed by atoms with E-state index in [4.69, 9.17) is 5.26 Å². The maximum Gasteiger partial charge on any atom is 6.00 e. The molecule has 0 rings (SSSR count). The van der Waals surface area contributed by atoms with Crippen molar-refractivity contribution < 1.29 is 27.5 Å². The molecule has 0 unspecified atom stereocenters. The molecule has 0 aromatic rings. The number of hydrogen-bond donors (Lipinski definition) is 1. The van der Waals surface area contributed by atoms with Crippen LogP contribution in [0, 0.1) is 0 Å². The van der Waals surface area contributed by atoms with Crippen LogP contribution >= 0.6 is 0 Å². The fourth-order valence-corrected chi connectivity index (χ4v) is 0. The Morgan fingerprint density at radius 2 is 1.43 bits per heavy atom. The molecule has 0 spiro atoms. The third kappa shape index (κ3) is 10.7. The fraction of sp³-hybridized carbons (Fsp3) is 1.00. The molecule has 0 radical (unpaired) electrons. The average Bonchev–Trinajstić information content (AvgIpc) is 1.35. The van der Waals surface area contributed by atoms with Crippen LogP contribution < -0.4 is 0 Å². The van der Waals surface area contributed by atoms with E-state index < -0.39 is 5.60 Å². The first kappa shape index (κ1) is 10.4. The Balaban J connectivity index is 0. The van der Waals surface area contributed by atoms with Crippen LogP contribution in [0.2, 0.25) is 0 Å². The zero-order valence-electron chi connectivity index (χ0n) is 4.76. The van der Waals surface area contributed by atoms with Crippen molar-refractivity contribution in [3.05, 3.63) is 0 Å². The Morgan fingerprint density at radius 1 is 1.29 bits per heavy atom. The van der Waals surface area contributed by atoms with Crippen LogP contribution in [0.1, 0.15) is 20.8 Å². The van der Waals surface area contributed by atoms with Crippen molar-refractivity contribution in [2.75, 3.05) is 0 Å². The van der Waals surface area contributed by atoms with Crippen molar-refractivity contribution in [1.29, 1.82) is 0 Å². The molecule has 3 heteroatoms. The Morgan fingerprint density at radius 3 is 1.43 bits per heavy atom. The Labute approximate surface area is 54.5 Å². The Bertz CT molecular complexity index is 39.4. The van der Waals surface area contributed by atoms with Crippen molar-refractivity contribution in [1.82, 2.24) is 0 Å². The second-order valence-corrected chi connectivity index (χ2v) is 2.20. The molecule has 38 valence electrons. The molecule has 2 nitrogen and oxygen atoms in total. The molecule has 0 aliphatic heterocycles. The summed E-state index contributed by atoms with van der Waals surface area (Å²) in [6.07, 6.45) is 0. The van der Waals surface area contributed by atoms with Gasteiger partial charge >= 0.3 is 17.4 Å². The predicted octanol–water partition coefficient (Wildman–Crippen LogP) is 1.27. The minimum atomic E-state index is -0.403. The van der Waals surface area contributed by atoms with Gasteiger partial charge in [0.2, 0.25) is 0 Å². The van der Waals surface area contributed by atoms with E-state index in [0.29, 0.717) is 0 Å². The van der Waals surface area contributed by atoms with Crippen LogP contribution in [0.5, 0.6) is 0 Å². The summed E-state index contributed by atoms with van der Waals surface area (Å²) in [5, 5.41) is 7.90. The van der Waals surface area contributed by atoms with Gasteiger partial charge in [0.1, 0.15) is 0 Å². The van der Waals surface area contributed by atoms with E-state index in [9.17, 15) is 0 Å². The van der Waals surface area contributed by atoms with Crippen LogP contribution in [-0.4, -0.2) is 10.9 Å². The standard InChI is InChI=1S/C4H10O2.Cr/c1-4(2,3)6-5;/h5H,1-3H3;/q;+6. The van der Waals surface area contributed by atoms with E-state index in [-0.39, 0.29) is 17.4 Å². The summed E-state index contributed by atoms with van der Waals surface area (Å²) in [5.74, 6) is 0. The van der Waals surface area contributed by atoms with Crippen molar-refractivity contribution in [3.63, 3.8) is 0 Å². The second kappa shape index (κ2) is 3.45. The van der Waals surface area contributed by atoms with E-state index in [0.717, 1.165) is 0 Å². The summed E-state index contributed by atoms with van der Waals surface area (Å²) in [6, 6.07) is 0. The fourth-order valence-electron chi connectivity index (χ4n) is 0. The third-order valence-electron chi connectivity index (χ3n) is 0.274. The predicted molar refractivity (Wildman–Crippen MR) is 23.5 cm³/mol. The summed E-state index contributed by atoms with van der Waals surface area (Å²) in [6.45, 7) is 5.31. The average molecular weight is 142 g/mol. The first-order chi connectivity index (χ1) is 2.56. The first-order valence-electron chi connectivity index (χ1n) is 1.89. The van der Waals surface area contributed by atoms with Gasteiger partial charge in [0.15, 0.2) is 0 Å². The van der Waals surface area contributed by atoms with Crippen molar-refractivity contribution in [2.45, 2.75) is 26.4 Å². The van der Waals surface area contributed by atoms with E-state index in [1.807, 2.05) is 0 Å². The van der Waals surface area contributed by atoms with Crippen LogP contribution in [-0.2, 0) is 22.2 Å². The van der Waals surface area contributed by atoms with Crippen molar-refractivity contribution in [3.8, 4) is 0 Å². The molecule has 0 aliphatic carbocycles. The van der Waals surface area contributed by atoms with E-state index in [1.54, 1.807) is 20.8 Å². The molecular weight excluding hydrogens is 132 g/mol. The molecule has 1 N–H and O–H groups in total. The zero-order chi connectivity index (χ0) is 5.21. The van der Waals surface area contributed by atoms with Gasteiger partial charge in [-0.15, -0.1) is 0 Å². The molecule has 0 aliphatic rings. The first-order valence-corrected chi connectivity index (χ1v) is 1.89. The molecule has 0 aromatic heterocycles. The molecule has 0 fully saturated rings. The molecule has 0 bridgehead atoms. The molecule has 0 atom stereocenters.